The number of nitrogens with zero attached hydrogens (tertiary/aromatic N) is 1. The third-order valence-electron chi connectivity index (χ3n) is 5.22. The van der Waals surface area contributed by atoms with Gasteiger partial charge in [0.1, 0.15) is 5.75 Å². The van der Waals surface area contributed by atoms with Crippen LogP contribution in [-0.2, 0) is 9.59 Å². The number of anilines is 1. The average Bonchev–Trinajstić information content (AvgIpc) is 2.71. The fourth-order valence-electron chi connectivity index (χ4n) is 3.31. The fourth-order valence-corrected chi connectivity index (χ4v) is 3.31. The summed E-state index contributed by atoms with van der Waals surface area (Å²) in [5, 5.41) is 3.01. The van der Waals surface area contributed by atoms with E-state index in [2.05, 4.69) is 5.32 Å². The number of hydrogen-bond donors (Lipinski definition) is 2. The van der Waals surface area contributed by atoms with Gasteiger partial charge in [-0.1, -0.05) is 30.3 Å². The maximum Gasteiger partial charge on any atom is 0.279 e. The summed E-state index contributed by atoms with van der Waals surface area (Å²) in [6.45, 7) is 7.32. The maximum atomic E-state index is 12.4. The number of amides is 2. The molecule has 0 aromatic heterocycles. The fraction of sp³-hybridized carbons (Fsp3) is 0.364. The Balaban J connectivity index is 1.41. The number of hydrogen-bond acceptors (Lipinski definition) is 3. The van der Waals surface area contributed by atoms with Crippen molar-refractivity contribution in [3.05, 3.63) is 59.7 Å². The number of aryl methyl sites for hydroxylation is 1. The SMILES string of the molecule is Cc1cccc(NC(=O)C[NH+]2CCN(C(=O)COc3ccccc3)CC2)c1C. The number of benzene rings is 2. The van der Waals surface area contributed by atoms with E-state index in [1.165, 1.54) is 4.90 Å². The molecular formula is C22H28N3O3+. The zero-order valence-electron chi connectivity index (χ0n) is 16.5. The van der Waals surface area contributed by atoms with Crippen LogP contribution in [0.25, 0.3) is 0 Å². The van der Waals surface area contributed by atoms with Gasteiger partial charge in [0.05, 0.1) is 26.2 Å². The predicted molar refractivity (Wildman–Crippen MR) is 109 cm³/mol. The highest BCUT2D eigenvalue weighted by atomic mass is 16.5. The second-order valence-electron chi connectivity index (χ2n) is 7.20. The molecular weight excluding hydrogens is 354 g/mol. The average molecular weight is 382 g/mol. The zero-order valence-corrected chi connectivity index (χ0v) is 16.5. The molecule has 6 heteroatoms. The molecule has 0 aliphatic carbocycles. The standard InChI is InChI=1S/C22H27N3O3/c1-17-7-6-10-20(18(17)2)23-21(26)15-24-11-13-25(14-12-24)22(27)16-28-19-8-4-3-5-9-19/h3-10H,11-16H2,1-2H3,(H,23,26)/p+1. The van der Waals surface area contributed by atoms with Gasteiger partial charge in [0.2, 0.25) is 0 Å². The van der Waals surface area contributed by atoms with E-state index >= 15 is 0 Å². The second-order valence-corrected chi connectivity index (χ2v) is 7.20. The molecule has 0 spiro atoms. The van der Waals surface area contributed by atoms with E-state index in [4.69, 9.17) is 4.74 Å². The van der Waals surface area contributed by atoms with Gasteiger partial charge in [0.25, 0.3) is 11.8 Å². The molecule has 2 amide bonds. The summed E-state index contributed by atoms with van der Waals surface area (Å²) in [6.07, 6.45) is 0. The summed E-state index contributed by atoms with van der Waals surface area (Å²) >= 11 is 0. The summed E-state index contributed by atoms with van der Waals surface area (Å²) in [5.41, 5.74) is 3.13. The van der Waals surface area contributed by atoms with Crippen LogP contribution in [-0.4, -0.2) is 56.0 Å². The van der Waals surface area contributed by atoms with Crippen LogP contribution in [0.4, 0.5) is 5.69 Å². The molecule has 3 rings (SSSR count). The van der Waals surface area contributed by atoms with Crippen LogP contribution in [0, 0.1) is 13.8 Å². The quantitative estimate of drug-likeness (QED) is 0.785. The Kier molecular flexibility index (Phi) is 6.66. The maximum absolute atomic E-state index is 12.4. The van der Waals surface area contributed by atoms with E-state index < -0.39 is 0 Å². The number of quaternary nitrogens is 1. The van der Waals surface area contributed by atoms with E-state index in [0.29, 0.717) is 25.4 Å². The van der Waals surface area contributed by atoms with Gasteiger partial charge in [0.15, 0.2) is 13.2 Å². The van der Waals surface area contributed by atoms with Crippen LogP contribution in [0.2, 0.25) is 0 Å². The van der Waals surface area contributed by atoms with Crippen molar-refractivity contribution in [1.29, 1.82) is 0 Å². The van der Waals surface area contributed by atoms with E-state index in [0.717, 1.165) is 29.9 Å². The van der Waals surface area contributed by atoms with E-state index in [9.17, 15) is 9.59 Å². The molecule has 6 nitrogen and oxygen atoms in total. The normalized spacial score (nSPS) is 14.6. The molecule has 0 atom stereocenters. The number of carbonyl (C=O) groups excluding carboxylic acids is 2. The second kappa shape index (κ2) is 9.37. The minimum Gasteiger partial charge on any atom is -0.484 e. The molecule has 2 N–H and O–H groups in total. The molecule has 148 valence electrons. The van der Waals surface area contributed by atoms with Gasteiger partial charge in [-0.25, -0.2) is 0 Å². The Labute approximate surface area is 166 Å². The van der Waals surface area contributed by atoms with Crippen LogP contribution < -0.4 is 15.0 Å². The molecule has 1 saturated heterocycles. The van der Waals surface area contributed by atoms with Gasteiger partial charge in [-0.05, 0) is 43.2 Å². The molecule has 0 bridgehead atoms. The predicted octanol–water partition coefficient (Wildman–Crippen LogP) is 1.05. The Morgan fingerprint density at radius 2 is 1.75 bits per heavy atom. The molecule has 1 heterocycles. The van der Waals surface area contributed by atoms with Crippen LogP contribution in [0.3, 0.4) is 0 Å². The Morgan fingerprint density at radius 1 is 1.04 bits per heavy atom. The Morgan fingerprint density at radius 3 is 2.46 bits per heavy atom. The summed E-state index contributed by atoms with van der Waals surface area (Å²) < 4.78 is 5.54. The van der Waals surface area contributed by atoms with Gasteiger partial charge in [0, 0.05) is 5.69 Å². The summed E-state index contributed by atoms with van der Waals surface area (Å²) in [5.74, 6) is 0.696. The molecule has 1 aliphatic rings. The molecule has 1 fully saturated rings. The molecule has 0 radical (unpaired) electrons. The van der Waals surface area contributed by atoms with Gasteiger partial charge < -0.3 is 19.9 Å². The number of nitrogens with one attached hydrogen (secondary N) is 2. The monoisotopic (exact) mass is 382 g/mol. The van der Waals surface area contributed by atoms with Crippen molar-refractivity contribution in [2.75, 3.05) is 44.6 Å². The van der Waals surface area contributed by atoms with Crippen LogP contribution in [0.5, 0.6) is 5.75 Å². The highest BCUT2D eigenvalue weighted by Crippen LogP contribution is 2.17. The number of para-hydroxylation sites is 1. The van der Waals surface area contributed by atoms with Gasteiger partial charge in [-0.3, -0.25) is 9.59 Å². The van der Waals surface area contributed by atoms with Gasteiger partial charge >= 0.3 is 0 Å². The van der Waals surface area contributed by atoms with E-state index in [1.807, 2.05) is 67.3 Å². The van der Waals surface area contributed by atoms with Gasteiger partial charge in [-0.15, -0.1) is 0 Å². The first-order chi connectivity index (χ1) is 13.5. The minimum atomic E-state index is -0.0114. The third-order valence-corrected chi connectivity index (χ3v) is 5.22. The van der Waals surface area contributed by atoms with Crippen LogP contribution >= 0.6 is 0 Å². The van der Waals surface area contributed by atoms with Crippen molar-refractivity contribution in [3.8, 4) is 5.75 Å². The highest BCUT2D eigenvalue weighted by molar-refractivity contribution is 5.92. The van der Waals surface area contributed by atoms with E-state index in [1.54, 1.807) is 0 Å². The van der Waals surface area contributed by atoms with Crippen molar-refractivity contribution < 1.29 is 19.2 Å². The minimum absolute atomic E-state index is 0.0101. The smallest absolute Gasteiger partial charge is 0.279 e. The number of piperazine rings is 1. The van der Waals surface area contributed by atoms with Crippen LogP contribution in [0.15, 0.2) is 48.5 Å². The van der Waals surface area contributed by atoms with Crippen molar-refractivity contribution in [1.82, 2.24) is 4.90 Å². The molecule has 28 heavy (non-hydrogen) atoms. The summed E-state index contributed by atoms with van der Waals surface area (Å²) in [4.78, 5) is 27.7. The lowest BCUT2D eigenvalue weighted by Crippen LogP contribution is -3.15. The molecule has 1 aliphatic heterocycles. The highest BCUT2D eigenvalue weighted by Gasteiger charge is 2.25. The van der Waals surface area contributed by atoms with E-state index in [-0.39, 0.29) is 18.4 Å². The third kappa shape index (κ3) is 5.33. The van der Waals surface area contributed by atoms with Crippen molar-refractivity contribution >= 4 is 17.5 Å². The topological polar surface area (TPSA) is 63.1 Å². The van der Waals surface area contributed by atoms with Crippen LogP contribution in [0.1, 0.15) is 11.1 Å². The first kappa shape index (κ1) is 19.9. The summed E-state index contributed by atoms with van der Waals surface area (Å²) in [7, 11) is 0. The summed E-state index contributed by atoms with van der Waals surface area (Å²) in [6, 6.07) is 15.3. The van der Waals surface area contributed by atoms with Gasteiger partial charge in [-0.2, -0.15) is 0 Å². The lowest BCUT2D eigenvalue weighted by molar-refractivity contribution is -0.895. The first-order valence-corrected chi connectivity index (χ1v) is 9.68. The Hall–Kier alpha value is -2.86. The molecule has 2 aromatic carbocycles. The lowest BCUT2D eigenvalue weighted by Gasteiger charge is -2.31. The number of rotatable bonds is 6. The van der Waals surface area contributed by atoms with Crippen molar-refractivity contribution in [2.24, 2.45) is 0 Å². The Bertz CT molecular complexity index is 815. The largest absolute Gasteiger partial charge is 0.484 e. The molecule has 2 aromatic rings. The number of carbonyl (C=O) groups is 2. The number of ether oxygens (including phenoxy) is 1. The molecule has 0 saturated carbocycles. The lowest BCUT2D eigenvalue weighted by atomic mass is 10.1. The zero-order chi connectivity index (χ0) is 19.9. The van der Waals surface area contributed by atoms with Crippen molar-refractivity contribution in [3.63, 3.8) is 0 Å². The van der Waals surface area contributed by atoms with Crippen molar-refractivity contribution in [2.45, 2.75) is 13.8 Å². The first-order valence-electron chi connectivity index (χ1n) is 9.68. The molecule has 0 unspecified atom stereocenters.